The summed E-state index contributed by atoms with van der Waals surface area (Å²) in [5.74, 6) is 0.0389. The van der Waals surface area contributed by atoms with Gasteiger partial charge in [-0.3, -0.25) is 14.5 Å². The van der Waals surface area contributed by atoms with E-state index >= 15 is 0 Å². The first kappa shape index (κ1) is 17.7. The van der Waals surface area contributed by atoms with E-state index in [1.165, 1.54) is 5.56 Å². The number of carbonyl (C=O) groups is 2. The van der Waals surface area contributed by atoms with Crippen molar-refractivity contribution in [2.45, 2.75) is 25.3 Å². The minimum absolute atomic E-state index is 0.0162. The molecule has 0 aromatic heterocycles. The second-order valence-electron chi connectivity index (χ2n) is 7.27. The number of hydrazine groups is 1. The molecule has 2 aromatic rings. The number of fused-ring (bicyclic) bond motifs is 1. The van der Waals surface area contributed by atoms with Crippen molar-refractivity contribution in [3.8, 4) is 0 Å². The Kier molecular flexibility index (Phi) is 5.21. The Morgan fingerprint density at radius 3 is 2.26 bits per heavy atom. The van der Waals surface area contributed by atoms with Crippen molar-refractivity contribution in [3.05, 3.63) is 71.8 Å². The van der Waals surface area contributed by atoms with Crippen molar-refractivity contribution in [1.29, 1.82) is 0 Å². The lowest BCUT2D eigenvalue weighted by Crippen LogP contribution is -2.54. The van der Waals surface area contributed by atoms with E-state index in [-0.39, 0.29) is 17.9 Å². The number of nitrogens with zero attached hydrogens (tertiary/aromatic N) is 3. The van der Waals surface area contributed by atoms with Crippen LogP contribution in [-0.4, -0.2) is 52.9 Å². The van der Waals surface area contributed by atoms with Gasteiger partial charge in [-0.2, -0.15) is 0 Å². The molecule has 2 aliphatic heterocycles. The summed E-state index contributed by atoms with van der Waals surface area (Å²) < 4.78 is 0. The highest BCUT2D eigenvalue weighted by atomic mass is 16.2. The monoisotopic (exact) mass is 363 g/mol. The second-order valence-corrected chi connectivity index (χ2v) is 7.27. The summed E-state index contributed by atoms with van der Waals surface area (Å²) in [5, 5.41) is 3.41. The maximum atomic E-state index is 13.1. The molecular formula is C22H25N3O2. The number of rotatable bonds is 4. The van der Waals surface area contributed by atoms with E-state index in [0.29, 0.717) is 26.2 Å². The fourth-order valence-corrected chi connectivity index (χ4v) is 4.05. The van der Waals surface area contributed by atoms with Gasteiger partial charge in [-0.25, -0.2) is 10.0 Å². The Balaban J connectivity index is 1.51. The summed E-state index contributed by atoms with van der Waals surface area (Å²) in [6, 6.07) is 20.2. The van der Waals surface area contributed by atoms with Crippen LogP contribution >= 0.6 is 0 Å². The van der Waals surface area contributed by atoms with Gasteiger partial charge in [0.15, 0.2) is 0 Å². The summed E-state index contributed by atoms with van der Waals surface area (Å²) >= 11 is 0. The Hall–Kier alpha value is -2.66. The van der Waals surface area contributed by atoms with Crippen LogP contribution in [-0.2, 0) is 16.0 Å². The van der Waals surface area contributed by atoms with Crippen LogP contribution < -0.4 is 0 Å². The Bertz CT molecular complexity index is 794. The number of carbonyl (C=O) groups excluding carboxylic acids is 2. The lowest BCUT2D eigenvalue weighted by atomic mass is 9.99. The zero-order valence-electron chi connectivity index (χ0n) is 15.5. The van der Waals surface area contributed by atoms with Crippen molar-refractivity contribution >= 4 is 11.8 Å². The predicted molar refractivity (Wildman–Crippen MR) is 104 cm³/mol. The minimum Gasteiger partial charge on any atom is -0.285 e. The summed E-state index contributed by atoms with van der Waals surface area (Å²) in [6.45, 7) is 1.93. The molecule has 5 heteroatoms. The molecule has 2 aromatic carbocycles. The van der Waals surface area contributed by atoms with Gasteiger partial charge in [-0.05, 0) is 30.4 Å². The average molecular weight is 363 g/mol. The fourth-order valence-electron chi connectivity index (χ4n) is 4.05. The van der Waals surface area contributed by atoms with Crippen LogP contribution in [0.3, 0.4) is 0 Å². The summed E-state index contributed by atoms with van der Waals surface area (Å²) in [7, 11) is 0. The van der Waals surface area contributed by atoms with E-state index in [2.05, 4.69) is 12.1 Å². The zero-order chi connectivity index (χ0) is 18.6. The summed E-state index contributed by atoms with van der Waals surface area (Å²) in [4.78, 5) is 28.0. The molecule has 4 rings (SSSR count). The summed E-state index contributed by atoms with van der Waals surface area (Å²) in [6.07, 6.45) is 2.64. The van der Waals surface area contributed by atoms with Crippen molar-refractivity contribution in [2.75, 3.05) is 26.2 Å². The number of amides is 2. The number of benzene rings is 2. The molecule has 2 fully saturated rings. The first-order chi connectivity index (χ1) is 13.2. The molecule has 5 nitrogen and oxygen atoms in total. The smallest absolute Gasteiger partial charge is 0.255 e. The molecule has 2 amide bonds. The van der Waals surface area contributed by atoms with Crippen molar-refractivity contribution in [3.63, 3.8) is 0 Å². The van der Waals surface area contributed by atoms with Gasteiger partial charge in [0.1, 0.15) is 0 Å². The standard InChI is InChI=1S/C22H25N3O2/c26-21-16-23(15-13-18-8-3-1-4-9-18)17-22(27)25-20(12-7-14-24(21)25)19-10-5-2-6-11-19/h1-6,8-11,20H,7,12-17H2/t20-/m0/s1. The van der Waals surface area contributed by atoms with Crippen molar-refractivity contribution in [2.24, 2.45) is 0 Å². The fraction of sp³-hybridized carbons (Fsp3) is 0.364. The average Bonchev–Trinajstić information content (AvgIpc) is 2.84. The Morgan fingerprint density at radius 1 is 0.852 bits per heavy atom. The quantitative estimate of drug-likeness (QED) is 0.839. The van der Waals surface area contributed by atoms with Crippen LogP contribution in [0.2, 0.25) is 0 Å². The molecule has 1 atom stereocenters. The largest absolute Gasteiger partial charge is 0.285 e. The molecule has 2 aliphatic rings. The molecule has 2 heterocycles. The third-order valence-corrected chi connectivity index (χ3v) is 5.41. The molecule has 27 heavy (non-hydrogen) atoms. The molecule has 0 N–H and O–H groups in total. The second kappa shape index (κ2) is 7.92. The molecule has 0 spiro atoms. The highest BCUT2D eigenvalue weighted by molar-refractivity contribution is 5.87. The van der Waals surface area contributed by atoms with E-state index in [4.69, 9.17) is 0 Å². The SMILES string of the molecule is O=C1CN(CCc2ccccc2)CC(=O)N2[C@H](c3ccccc3)CCCN12. The summed E-state index contributed by atoms with van der Waals surface area (Å²) in [5.41, 5.74) is 2.32. The molecule has 0 aliphatic carbocycles. The van der Waals surface area contributed by atoms with Crippen LogP contribution in [0.25, 0.3) is 0 Å². The van der Waals surface area contributed by atoms with Gasteiger partial charge in [0, 0.05) is 13.1 Å². The van der Waals surface area contributed by atoms with E-state index in [9.17, 15) is 9.59 Å². The van der Waals surface area contributed by atoms with Crippen molar-refractivity contribution < 1.29 is 9.59 Å². The number of hydrogen-bond acceptors (Lipinski definition) is 3. The minimum atomic E-state index is -0.0505. The van der Waals surface area contributed by atoms with E-state index in [1.54, 1.807) is 10.0 Å². The van der Waals surface area contributed by atoms with Gasteiger partial charge in [0.2, 0.25) is 0 Å². The maximum absolute atomic E-state index is 13.1. The Labute approximate surface area is 160 Å². The van der Waals surface area contributed by atoms with Crippen LogP contribution in [0.1, 0.15) is 30.0 Å². The normalized spacial score (nSPS) is 21.1. The number of hydrogen-bond donors (Lipinski definition) is 0. The van der Waals surface area contributed by atoms with Crippen LogP contribution in [0.15, 0.2) is 60.7 Å². The van der Waals surface area contributed by atoms with E-state index in [0.717, 1.165) is 24.8 Å². The predicted octanol–water partition coefficient (Wildman–Crippen LogP) is 2.65. The van der Waals surface area contributed by atoms with Gasteiger partial charge in [0.25, 0.3) is 11.8 Å². The third kappa shape index (κ3) is 3.88. The lowest BCUT2D eigenvalue weighted by molar-refractivity contribution is -0.171. The lowest BCUT2D eigenvalue weighted by Gasteiger charge is -2.43. The molecule has 140 valence electrons. The first-order valence-corrected chi connectivity index (χ1v) is 9.66. The Morgan fingerprint density at radius 2 is 1.52 bits per heavy atom. The van der Waals surface area contributed by atoms with Crippen LogP contribution in [0.5, 0.6) is 0 Å². The zero-order valence-corrected chi connectivity index (χ0v) is 15.5. The van der Waals surface area contributed by atoms with Gasteiger partial charge in [0.05, 0.1) is 19.1 Å². The van der Waals surface area contributed by atoms with Gasteiger partial charge >= 0.3 is 0 Å². The molecule has 0 unspecified atom stereocenters. The maximum Gasteiger partial charge on any atom is 0.255 e. The van der Waals surface area contributed by atoms with E-state index in [1.807, 2.05) is 53.4 Å². The van der Waals surface area contributed by atoms with Crippen LogP contribution in [0.4, 0.5) is 0 Å². The highest BCUT2D eigenvalue weighted by Crippen LogP contribution is 2.32. The van der Waals surface area contributed by atoms with Gasteiger partial charge in [-0.15, -0.1) is 0 Å². The first-order valence-electron chi connectivity index (χ1n) is 9.66. The van der Waals surface area contributed by atoms with Crippen molar-refractivity contribution in [1.82, 2.24) is 14.9 Å². The van der Waals surface area contributed by atoms with E-state index < -0.39 is 0 Å². The highest BCUT2D eigenvalue weighted by Gasteiger charge is 2.39. The topological polar surface area (TPSA) is 43.9 Å². The molecule has 0 bridgehead atoms. The molecule has 0 saturated carbocycles. The molecule has 0 radical (unpaired) electrons. The van der Waals surface area contributed by atoms with Crippen LogP contribution in [0, 0.1) is 0 Å². The molecular weight excluding hydrogens is 338 g/mol. The molecule has 2 saturated heterocycles. The van der Waals surface area contributed by atoms with Gasteiger partial charge in [-0.1, -0.05) is 60.7 Å². The third-order valence-electron chi connectivity index (χ3n) is 5.41. The van der Waals surface area contributed by atoms with Gasteiger partial charge < -0.3 is 0 Å².